The standard InChI is InChI=1S/C15H23NO4/c17-8-4-2-1-3-7-16-14(18)12-10-5-6-11(9-10)13(12)15(19)20/h5-6,10-13,17H,1-4,7-9H2,(H,16,18)(H,19,20). The molecule has 2 aliphatic carbocycles. The third kappa shape index (κ3) is 3.20. The summed E-state index contributed by atoms with van der Waals surface area (Å²) in [6, 6.07) is 0. The minimum atomic E-state index is -0.857. The van der Waals surface area contributed by atoms with E-state index >= 15 is 0 Å². The van der Waals surface area contributed by atoms with Crippen LogP contribution >= 0.6 is 0 Å². The number of aliphatic hydroxyl groups is 1. The quantitative estimate of drug-likeness (QED) is 0.460. The van der Waals surface area contributed by atoms with Crippen molar-refractivity contribution >= 4 is 11.9 Å². The fourth-order valence-electron chi connectivity index (χ4n) is 3.44. The molecule has 2 rings (SSSR count). The van der Waals surface area contributed by atoms with Gasteiger partial charge in [0.15, 0.2) is 0 Å². The van der Waals surface area contributed by atoms with Gasteiger partial charge in [0.2, 0.25) is 5.91 Å². The molecule has 3 N–H and O–H groups in total. The Morgan fingerprint density at radius 1 is 1.05 bits per heavy atom. The van der Waals surface area contributed by atoms with E-state index in [-0.39, 0.29) is 24.3 Å². The highest BCUT2D eigenvalue weighted by Gasteiger charge is 2.51. The number of aliphatic hydroxyl groups excluding tert-OH is 1. The van der Waals surface area contributed by atoms with Gasteiger partial charge in [-0.1, -0.05) is 25.0 Å². The average molecular weight is 281 g/mol. The first-order chi connectivity index (χ1) is 9.65. The third-order valence-corrected chi connectivity index (χ3v) is 4.43. The molecular formula is C15H23NO4. The number of carbonyl (C=O) groups is 2. The second kappa shape index (κ2) is 6.88. The first-order valence-corrected chi connectivity index (χ1v) is 7.45. The monoisotopic (exact) mass is 281 g/mol. The number of hydrogen-bond donors (Lipinski definition) is 3. The Morgan fingerprint density at radius 2 is 1.70 bits per heavy atom. The number of nitrogens with one attached hydrogen (secondary N) is 1. The van der Waals surface area contributed by atoms with Gasteiger partial charge in [0.05, 0.1) is 11.8 Å². The van der Waals surface area contributed by atoms with Crippen molar-refractivity contribution < 1.29 is 19.8 Å². The minimum Gasteiger partial charge on any atom is -0.481 e. The molecule has 1 fully saturated rings. The number of carboxylic acids is 1. The predicted molar refractivity (Wildman–Crippen MR) is 73.9 cm³/mol. The predicted octanol–water partition coefficient (Wildman–Crippen LogP) is 1.18. The highest BCUT2D eigenvalue weighted by molar-refractivity contribution is 5.86. The van der Waals surface area contributed by atoms with E-state index in [9.17, 15) is 14.7 Å². The minimum absolute atomic E-state index is 0.0257. The molecule has 0 aliphatic heterocycles. The Balaban J connectivity index is 1.77. The Morgan fingerprint density at radius 3 is 2.35 bits per heavy atom. The van der Waals surface area contributed by atoms with Crippen LogP contribution in [0, 0.1) is 23.7 Å². The van der Waals surface area contributed by atoms with Crippen LogP contribution in [0.2, 0.25) is 0 Å². The van der Waals surface area contributed by atoms with E-state index in [1.807, 2.05) is 12.2 Å². The van der Waals surface area contributed by atoms with E-state index in [2.05, 4.69) is 5.32 Å². The molecule has 4 unspecified atom stereocenters. The number of aliphatic carboxylic acids is 1. The van der Waals surface area contributed by atoms with Crippen LogP contribution in [-0.2, 0) is 9.59 Å². The SMILES string of the molecule is O=C(O)C1C2C=CC(C2)C1C(=O)NCCCCCCO. The number of hydrogen-bond acceptors (Lipinski definition) is 3. The van der Waals surface area contributed by atoms with Crippen LogP contribution in [0.1, 0.15) is 32.1 Å². The maximum Gasteiger partial charge on any atom is 0.307 e. The van der Waals surface area contributed by atoms with E-state index in [1.54, 1.807) is 0 Å². The number of carbonyl (C=O) groups excluding carboxylic acids is 1. The smallest absolute Gasteiger partial charge is 0.307 e. The Labute approximate surface area is 119 Å². The first-order valence-electron chi connectivity index (χ1n) is 7.45. The lowest BCUT2D eigenvalue weighted by Gasteiger charge is -2.23. The normalized spacial score (nSPS) is 30.6. The lowest BCUT2D eigenvalue weighted by molar-refractivity contribution is -0.147. The summed E-state index contributed by atoms with van der Waals surface area (Å²) in [7, 11) is 0. The van der Waals surface area contributed by atoms with Crippen molar-refractivity contribution in [3.8, 4) is 0 Å². The fourth-order valence-corrected chi connectivity index (χ4v) is 3.44. The Kier molecular flexibility index (Phi) is 5.17. The van der Waals surface area contributed by atoms with Crippen molar-refractivity contribution in [3.05, 3.63) is 12.2 Å². The van der Waals surface area contributed by atoms with E-state index in [4.69, 9.17) is 5.11 Å². The molecule has 2 bridgehead atoms. The van der Waals surface area contributed by atoms with Crippen molar-refractivity contribution in [3.63, 3.8) is 0 Å². The number of allylic oxidation sites excluding steroid dienone is 2. The molecule has 0 aromatic heterocycles. The molecule has 1 amide bonds. The van der Waals surface area contributed by atoms with Gasteiger partial charge in [0, 0.05) is 13.2 Å². The van der Waals surface area contributed by atoms with Crippen LogP contribution in [0.25, 0.3) is 0 Å². The maximum atomic E-state index is 12.2. The Bertz CT molecular complexity index is 393. The van der Waals surface area contributed by atoms with Crippen LogP contribution < -0.4 is 5.32 Å². The van der Waals surface area contributed by atoms with Gasteiger partial charge in [-0.25, -0.2) is 0 Å². The van der Waals surface area contributed by atoms with Crippen molar-refractivity contribution in [2.75, 3.05) is 13.2 Å². The average Bonchev–Trinajstić information content (AvgIpc) is 3.02. The van der Waals surface area contributed by atoms with Crippen LogP contribution in [0.4, 0.5) is 0 Å². The molecule has 1 saturated carbocycles. The van der Waals surface area contributed by atoms with Gasteiger partial charge in [-0.15, -0.1) is 0 Å². The largest absolute Gasteiger partial charge is 0.481 e. The maximum absolute atomic E-state index is 12.2. The van der Waals surface area contributed by atoms with E-state index < -0.39 is 17.8 Å². The summed E-state index contributed by atoms with van der Waals surface area (Å²) < 4.78 is 0. The second-order valence-corrected chi connectivity index (χ2v) is 5.77. The molecule has 2 aliphatic rings. The summed E-state index contributed by atoms with van der Waals surface area (Å²) in [5.41, 5.74) is 0. The topological polar surface area (TPSA) is 86.6 Å². The van der Waals surface area contributed by atoms with E-state index in [0.29, 0.717) is 6.54 Å². The van der Waals surface area contributed by atoms with Crippen LogP contribution in [-0.4, -0.2) is 35.2 Å². The van der Waals surface area contributed by atoms with Crippen molar-refractivity contribution in [2.45, 2.75) is 32.1 Å². The van der Waals surface area contributed by atoms with Gasteiger partial charge in [0.25, 0.3) is 0 Å². The zero-order valence-electron chi connectivity index (χ0n) is 11.6. The van der Waals surface area contributed by atoms with Crippen LogP contribution in [0.15, 0.2) is 12.2 Å². The van der Waals surface area contributed by atoms with Gasteiger partial charge in [-0.05, 0) is 31.1 Å². The lowest BCUT2D eigenvalue weighted by Crippen LogP contribution is -2.40. The van der Waals surface area contributed by atoms with Gasteiger partial charge >= 0.3 is 5.97 Å². The summed E-state index contributed by atoms with van der Waals surface area (Å²) in [6.07, 6.45) is 8.34. The first kappa shape index (κ1) is 15.0. The summed E-state index contributed by atoms with van der Waals surface area (Å²) in [5.74, 6) is -1.81. The Hall–Kier alpha value is -1.36. The molecule has 0 heterocycles. The van der Waals surface area contributed by atoms with Crippen molar-refractivity contribution in [1.29, 1.82) is 0 Å². The molecule has 0 radical (unpaired) electrons. The van der Waals surface area contributed by atoms with Crippen molar-refractivity contribution in [2.24, 2.45) is 23.7 Å². The molecule has 4 atom stereocenters. The number of carboxylic acid groups (broad SMARTS) is 1. The number of amides is 1. The van der Waals surface area contributed by atoms with E-state index in [0.717, 1.165) is 32.1 Å². The van der Waals surface area contributed by atoms with Gasteiger partial charge < -0.3 is 15.5 Å². The third-order valence-electron chi connectivity index (χ3n) is 4.43. The molecule has 0 spiro atoms. The lowest BCUT2D eigenvalue weighted by atomic mass is 9.82. The molecule has 0 saturated heterocycles. The summed E-state index contributed by atoms with van der Waals surface area (Å²) in [6.45, 7) is 0.804. The molecule has 0 aromatic carbocycles. The summed E-state index contributed by atoms with van der Waals surface area (Å²) >= 11 is 0. The fraction of sp³-hybridized carbons (Fsp3) is 0.733. The zero-order valence-corrected chi connectivity index (χ0v) is 11.6. The molecule has 112 valence electrons. The summed E-state index contributed by atoms with van der Waals surface area (Å²) in [5, 5.41) is 20.8. The molecule has 5 nitrogen and oxygen atoms in total. The number of fused-ring (bicyclic) bond motifs is 2. The highest BCUT2D eigenvalue weighted by Crippen LogP contribution is 2.48. The zero-order chi connectivity index (χ0) is 14.5. The molecule has 20 heavy (non-hydrogen) atoms. The molecule has 5 heteroatoms. The molecular weight excluding hydrogens is 258 g/mol. The van der Waals surface area contributed by atoms with Gasteiger partial charge in [-0.3, -0.25) is 9.59 Å². The van der Waals surface area contributed by atoms with Crippen molar-refractivity contribution in [1.82, 2.24) is 5.32 Å². The second-order valence-electron chi connectivity index (χ2n) is 5.77. The van der Waals surface area contributed by atoms with Gasteiger partial charge in [-0.2, -0.15) is 0 Å². The highest BCUT2D eigenvalue weighted by atomic mass is 16.4. The van der Waals surface area contributed by atoms with Crippen LogP contribution in [0.5, 0.6) is 0 Å². The van der Waals surface area contributed by atoms with E-state index in [1.165, 1.54) is 0 Å². The molecule has 0 aromatic rings. The summed E-state index contributed by atoms with van der Waals surface area (Å²) in [4.78, 5) is 23.5. The van der Waals surface area contributed by atoms with Crippen LogP contribution in [0.3, 0.4) is 0 Å². The number of unbranched alkanes of at least 4 members (excludes halogenated alkanes) is 3. The number of rotatable bonds is 8. The van der Waals surface area contributed by atoms with Gasteiger partial charge in [0.1, 0.15) is 0 Å².